The van der Waals surface area contributed by atoms with E-state index in [-0.39, 0.29) is 56.6 Å². The number of primary amides is 1. The minimum Gasteiger partial charge on any atom is -0.444 e. The molecule has 0 radical (unpaired) electrons. The second-order valence-electron chi connectivity index (χ2n) is 11.0. The first-order chi connectivity index (χ1) is 18.6. The molecule has 14 heteroatoms. The second-order valence-corrected chi connectivity index (χ2v) is 11.0. The lowest BCUT2D eigenvalue weighted by atomic mass is 9.89. The van der Waals surface area contributed by atoms with Crippen LogP contribution in [0.15, 0.2) is 0 Å². The molecule has 0 aliphatic heterocycles. The van der Waals surface area contributed by atoms with E-state index in [1.807, 2.05) is 20.8 Å². The Kier molecular flexibility index (Phi) is 17.7. The number of rotatable bonds is 19. The highest BCUT2D eigenvalue weighted by molar-refractivity contribution is 5.89. The van der Waals surface area contributed by atoms with Crippen molar-refractivity contribution < 1.29 is 43.3 Å². The number of carbonyl (C=O) groups excluding carboxylic acids is 5. The number of ether oxygens (including phenoxy) is 3. The van der Waals surface area contributed by atoms with Crippen LogP contribution in [0.25, 0.3) is 0 Å². The largest absolute Gasteiger partial charge is 0.444 e. The van der Waals surface area contributed by atoms with Crippen LogP contribution in [0.1, 0.15) is 67.7 Å². The second kappa shape index (κ2) is 19.2. The number of alkyl carbamates (subject to hydrolysis) is 1. The molecular weight excluding hydrogens is 526 g/mol. The van der Waals surface area contributed by atoms with E-state index in [2.05, 4.69) is 21.3 Å². The lowest BCUT2D eigenvalue weighted by molar-refractivity contribution is -0.226. The van der Waals surface area contributed by atoms with Crippen molar-refractivity contribution in [3.63, 3.8) is 0 Å². The van der Waals surface area contributed by atoms with Gasteiger partial charge in [0.25, 0.3) is 0 Å². The van der Waals surface area contributed by atoms with Gasteiger partial charge >= 0.3 is 12.1 Å². The molecule has 0 saturated carbocycles. The molecule has 4 atom stereocenters. The molecule has 0 saturated heterocycles. The van der Waals surface area contributed by atoms with E-state index < -0.39 is 48.4 Å². The maximum Gasteiger partial charge on any atom is 0.407 e. The van der Waals surface area contributed by atoms with Crippen LogP contribution in [0.5, 0.6) is 0 Å². The number of hydrogen-bond donors (Lipinski definition) is 6. The van der Waals surface area contributed by atoms with Crippen molar-refractivity contribution in [1.29, 1.82) is 0 Å². The molecule has 0 aromatic rings. The number of aldehydes is 1. The Labute approximate surface area is 236 Å². The summed E-state index contributed by atoms with van der Waals surface area (Å²) in [4.78, 5) is 59.4. The lowest BCUT2D eigenvalue weighted by Gasteiger charge is -2.33. The first-order valence-corrected chi connectivity index (χ1v) is 13.5. The number of urea groups is 1. The first-order valence-electron chi connectivity index (χ1n) is 13.5. The van der Waals surface area contributed by atoms with Crippen molar-refractivity contribution >= 4 is 30.2 Å². The fourth-order valence-corrected chi connectivity index (χ4v) is 3.35. The molecule has 0 spiro atoms. The van der Waals surface area contributed by atoms with Crippen molar-refractivity contribution in [2.24, 2.45) is 17.1 Å². The zero-order valence-corrected chi connectivity index (χ0v) is 24.8. The standard InChI is InChI=1S/C26H49N5O9/c1-16(2)22(23(35)30-18(13-32)9-8-11-28-24(27)36)31-20(34)10-12-29-25(37)38-15-21(39-17(3)4)40-19(14-33)26(5,6)7/h13,16-19,21-22,33H,8-12,14-15H2,1-7H3,(H,29,37)(H,30,35)(H,31,34)(H3,27,28,36). The Morgan fingerprint density at radius 3 is 2.12 bits per heavy atom. The van der Waals surface area contributed by atoms with E-state index in [1.54, 1.807) is 27.7 Å². The highest BCUT2D eigenvalue weighted by Crippen LogP contribution is 2.23. The van der Waals surface area contributed by atoms with Gasteiger partial charge in [-0.15, -0.1) is 0 Å². The predicted octanol–water partition coefficient (Wildman–Crippen LogP) is 0.550. The van der Waals surface area contributed by atoms with Gasteiger partial charge in [-0.05, 0) is 38.0 Å². The number of aliphatic hydroxyl groups is 1. The molecule has 0 aliphatic rings. The van der Waals surface area contributed by atoms with Crippen LogP contribution in [0.3, 0.4) is 0 Å². The fraction of sp³-hybridized carbons (Fsp3) is 0.808. The van der Waals surface area contributed by atoms with Crippen LogP contribution < -0.4 is 27.0 Å². The molecular formula is C26H49N5O9. The van der Waals surface area contributed by atoms with Gasteiger partial charge < -0.3 is 51.1 Å². The number of hydrogen-bond acceptors (Lipinski definition) is 9. The highest BCUT2D eigenvalue weighted by atomic mass is 16.7. The summed E-state index contributed by atoms with van der Waals surface area (Å²) in [5, 5.41) is 19.7. The molecule has 14 nitrogen and oxygen atoms in total. The minimum absolute atomic E-state index is 0.0568. The zero-order chi connectivity index (χ0) is 30.9. The van der Waals surface area contributed by atoms with Crippen molar-refractivity contribution in [3.8, 4) is 0 Å². The Bertz CT molecular complexity index is 802. The Balaban J connectivity index is 4.70. The van der Waals surface area contributed by atoms with Crippen LogP contribution in [0, 0.1) is 11.3 Å². The molecule has 0 fully saturated rings. The van der Waals surface area contributed by atoms with Gasteiger partial charge in [-0.25, -0.2) is 9.59 Å². The minimum atomic E-state index is -0.904. The van der Waals surface area contributed by atoms with Gasteiger partial charge in [0.2, 0.25) is 11.8 Å². The van der Waals surface area contributed by atoms with Gasteiger partial charge in [-0.2, -0.15) is 0 Å². The number of amides is 5. The Morgan fingerprint density at radius 2 is 1.62 bits per heavy atom. The van der Waals surface area contributed by atoms with Gasteiger partial charge in [0, 0.05) is 19.5 Å². The van der Waals surface area contributed by atoms with Crippen LogP contribution in [0.2, 0.25) is 0 Å². The molecule has 0 aromatic carbocycles. The van der Waals surface area contributed by atoms with Gasteiger partial charge in [-0.3, -0.25) is 9.59 Å². The van der Waals surface area contributed by atoms with E-state index >= 15 is 0 Å². The Morgan fingerprint density at radius 1 is 0.975 bits per heavy atom. The summed E-state index contributed by atoms with van der Waals surface area (Å²) < 4.78 is 16.6. The molecule has 4 unspecified atom stereocenters. The fourth-order valence-electron chi connectivity index (χ4n) is 3.35. The molecule has 0 aliphatic carbocycles. The average Bonchev–Trinajstić information content (AvgIpc) is 2.84. The SMILES string of the molecule is CC(C)OC(COC(=O)NCCC(=O)NC(C(=O)NC(C=O)CCCNC(N)=O)C(C)C)OC(CO)C(C)(C)C. The van der Waals surface area contributed by atoms with Crippen LogP contribution in [-0.4, -0.2) is 92.2 Å². The molecule has 0 rings (SSSR count). The van der Waals surface area contributed by atoms with E-state index in [1.165, 1.54) is 0 Å². The zero-order valence-electron chi connectivity index (χ0n) is 24.8. The normalized spacial score (nSPS) is 14.6. The van der Waals surface area contributed by atoms with Crippen molar-refractivity contribution in [3.05, 3.63) is 0 Å². The lowest BCUT2D eigenvalue weighted by Crippen LogP contribution is -2.52. The van der Waals surface area contributed by atoms with Crippen LogP contribution in [0.4, 0.5) is 9.59 Å². The van der Waals surface area contributed by atoms with Gasteiger partial charge in [0.15, 0.2) is 6.29 Å². The predicted molar refractivity (Wildman–Crippen MR) is 147 cm³/mol. The van der Waals surface area contributed by atoms with E-state index in [9.17, 15) is 29.1 Å². The summed E-state index contributed by atoms with van der Waals surface area (Å²) in [7, 11) is 0. The first kappa shape index (κ1) is 37.0. The maximum absolute atomic E-state index is 12.7. The van der Waals surface area contributed by atoms with Crippen molar-refractivity contribution in [1.82, 2.24) is 21.3 Å². The molecule has 5 amide bonds. The highest BCUT2D eigenvalue weighted by Gasteiger charge is 2.29. The third kappa shape index (κ3) is 16.9. The number of nitrogens with one attached hydrogen (secondary N) is 4. The maximum atomic E-state index is 12.7. The summed E-state index contributed by atoms with van der Waals surface area (Å²) in [5.74, 6) is -1.29. The summed E-state index contributed by atoms with van der Waals surface area (Å²) >= 11 is 0. The summed E-state index contributed by atoms with van der Waals surface area (Å²) in [6, 6.07) is -2.37. The third-order valence-corrected chi connectivity index (χ3v) is 5.59. The summed E-state index contributed by atoms with van der Waals surface area (Å²) in [5.41, 5.74) is 4.62. The van der Waals surface area contributed by atoms with Gasteiger partial charge in [0.1, 0.15) is 18.9 Å². The average molecular weight is 576 g/mol. The van der Waals surface area contributed by atoms with Crippen molar-refractivity contribution in [2.75, 3.05) is 26.3 Å². The molecule has 0 bridgehead atoms. The number of nitrogens with two attached hydrogens (primary N) is 1. The molecule has 0 heterocycles. The van der Waals surface area contributed by atoms with E-state index in [0.29, 0.717) is 12.7 Å². The smallest absolute Gasteiger partial charge is 0.407 e. The summed E-state index contributed by atoms with van der Waals surface area (Å²) in [6.45, 7) is 12.5. The summed E-state index contributed by atoms with van der Waals surface area (Å²) in [6.07, 6.45) is -1.28. The topological polar surface area (TPSA) is 207 Å². The number of aliphatic hydroxyl groups excluding tert-OH is 1. The molecule has 40 heavy (non-hydrogen) atoms. The Hall–Kier alpha value is -2.97. The van der Waals surface area contributed by atoms with E-state index in [0.717, 1.165) is 0 Å². The molecule has 7 N–H and O–H groups in total. The van der Waals surface area contributed by atoms with Crippen LogP contribution >= 0.6 is 0 Å². The van der Waals surface area contributed by atoms with Gasteiger partial charge in [-0.1, -0.05) is 34.6 Å². The molecule has 0 aromatic heterocycles. The molecule has 232 valence electrons. The number of carbonyl (C=O) groups is 5. The van der Waals surface area contributed by atoms with E-state index in [4.69, 9.17) is 19.9 Å². The third-order valence-electron chi connectivity index (χ3n) is 5.59. The monoisotopic (exact) mass is 575 g/mol. The van der Waals surface area contributed by atoms with Crippen molar-refractivity contribution in [2.45, 2.75) is 98.3 Å². The quantitative estimate of drug-likeness (QED) is 0.0721. The van der Waals surface area contributed by atoms with Crippen LogP contribution in [-0.2, 0) is 28.6 Å². The van der Waals surface area contributed by atoms with Gasteiger partial charge in [0.05, 0.1) is 24.9 Å².